The molecular formula is C18H12F4N6O. The lowest BCUT2D eigenvalue weighted by atomic mass is 10.2. The van der Waals surface area contributed by atoms with Crippen LogP contribution < -0.4 is 15.8 Å². The number of fused-ring (bicyclic) bond motifs is 1. The summed E-state index contributed by atoms with van der Waals surface area (Å²) in [7, 11) is 0. The summed E-state index contributed by atoms with van der Waals surface area (Å²) in [4.78, 5) is 13.9. The molecular weight excluding hydrogens is 392 g/mol. The lowest BCUT2D eigenvalue weighted by molar-refractivity contribution is -0.141. The first kappa shape index (κ1) is 18.5. The van der Waals surface area contributed by atoms with Gasteiger partial charge in [0.15, 0.2) is 17.3 Å². The Hall–Kier alpha value is -3.89. The third-order valence-electron chi connectivity index (χ3n) is 3.88. The number of nitrogens with zero attached hydrogens (tertiary/aromatic N) is 3. The van der Waals surface area contributed by atoms with Crippen LogP contribution in [-0.2, 0) is 6.18 Å². The van der Waals surface area contributed by atoms with E-state index in [-0.39, 0.29) is 17.3 Å². The molecule has 11 heteroatoms. The van der Waals surface area contributed by atoms with Crippen molar-refractivity contribution in [1.82, 2.24) is 19.9 Å². The number of alkyl halides is 3. The van der Waals surface area contributed by atoms with Gasteiger partial charge in [-0.1, -0.05) is 0 Å². The molecule has 0 aliphatic rings. The van der Waals surface area contributed by atoms with E-state index >= 15 is 0 Å². The summed E-state index contributed by atoms with van der Waals surface area (Å²) in [5.74, 6) is -1.18. The quantitative estimate of drug-likeness (QED) is 0.429. The Balaban J connectivity index is 1.58. The van der Waals surface area contributed by atoms with Gasteiger partial charge in [-0.15, -0.1) is 0 Å². The summed E-state index contributed by atoms with van der Waals surface area (Å²) in [6.07, 6.45) is -1.50. The molecule has 0 spiro atoms. The first-order valence-corrected chi connectivity index (χ1v) is 8.18. The highest BCUT2D eigenvalue weighted by Crippen LogP contribution is 2.33. The van der Waals surface area contributed by atoms with Gasteiger partial charge >= 0.3 is 6.18 Å². The fourth-order valence-corrected chi connectivity index (χ4v) is 2.63. The summed E-state index contributed by atoms with van der Waals surface area (Å²) < 4.78 is 58.6. The Morgan fingerprint density at radius 3 is 2.62 bits per heavy atom. The molecule has 1 aromatic carbocycles. The van der Waals surface area contributed by atoms with Crippen LogP contribution in [0.2, 0.25) is 0 Å². The minimum atomic E-state index is -4.69. The lowest BCUT2D eigenvalue weighted by Gasteiger charge is -2.12. The van der Waals surface area contributed by atoms with Crippen molar-refractivity contribution in [3.63, 3.8) is 0 Å². The number of hydrogen-bond donors (Lipinski definition) is 3. The van der Waals surface area contributed by atoms with E-state index in [4.69, 9.17) is 10.5 Å². The molecule has 148 valence electrons. The molecule has 0 aliphatic carbocycles. The number of rotatable bonds is 4. The molecule has 0 amide bonds. The Labute approximate surface area is 160 Å². The minimum absolute atomic E-state index is 0.0672. The van der Waals surface area contributed by atoms with Gasteiger partial charge in [0.25, 0.3) is 0 Å². The smallest absolute Gasteiger partial charge is 0.433 e. The van der Waals surface area contributed by atoms with Crippen LogP contribution in [0.4, 0.5) is 35.0 Å². The van der Waals surface area contributed by atoms with Gasteiger partial charge in [-0.25, -0.2) is 14.4 Å². The van der Waals surface area contributed by atoms with Gasteiger partial charge in [0.1, 0.15) is 17.2 Å². The number of nitrogens with two attached hydrogens (primary N) is 1. The van der Waals surface area contributed by atoms with Crippen LogP contribution in [0.3, 0.4) is 0 Å². The standard InChI is InChI=1S/C18H12F4N6O/c19-11-7-9(26-15-8-14(18(20,21)22)27-17(23)28-15)1-2-13(11)29-12-4-6-25-16-10(12)3-5-24-16/h1-8H,(H,24,25)(H3,23,26,27,28). The highest BCUT2D eigenvalue weighted by molar-refractivity contribution is 5.82. The van der Waals surface area contributed by atoms with E-state index in [1.54, 1.807) is 18.3 Å². The number of nitrogen functional groups attached to an aromatic ring is 1. The number of aromatic amines is 1. The Morgan fingerprint density at radius 1 is 1.03 bits per heavy atom. The number of anilines is 3. The van der Waals surface area contributed by atoms with Crippen LogP contribution in [-0.4, -0.2) is 19.9 Å². The zero-order chi connectivity index (χ0) is 20.6. The number of ether oxygens (including phenoxy) is 1. The molecule has 0 bridgehead atoms. The largest absolute Gasteiger partial charge is 0.453 e. The van der Waals surface area contributed by atoms with Crippen molar-refractivity contribution in [1.29, 1.82) is 0 Å². The van der Waals surface area contributed by atoms with Gasteiger partial charge < -0.3 is 20.8 Å². The van der Waals surface area contributed by atoms with E-state index < -0.39 is 23.6 Å². The number of H-pyrrole nitrogens is 1. The monoisotopic (exact) mass is 404 g/mol. The molecule has 4 aromatic rings. The van der Waals surface area contributed by atoms with E-state index in [0.29, 0.717) is 22.8 Å². The van der Waals surface area contributed by atoms with Gasteiger partial charge in [-0.3, -0.25) is 0 Å². The van der Waals surface area contributed by atoms with Gasteiger partial charge in [0, 0.05) is 30.2 Å². The predicted octanol–water partition coefficient (Wildman–Crippen LogP) is 4.63. The number of hydrogen-bond acceptors (Lipinski definition) is 6. The molecule has 0 saturated carbocycles. The maximum absolute atomic E-state index is 14.5. The van der Waals surface area contributed by atoms with E-state index in [9.17, 15) is 17.6 Å². The first-order valence-electron chi connectivity index (χ1n) is 8.18. The number of benzene rings is 1. The fourth-order valence-electron chi connectivity index (χ4n) is 2.63. The SMILES string of the molecule is Nc1nc(Nc2ccc(Oc3ccnc4[nH]ccc34)c(F)c2)cc(C(F)(F)F)n1. The van der Waals surface area contributed by atoms with Crippen molar-refractivity contribution in [3.8, 4) is 11.5 Å². The van der Waals surface area contributed by atoms with E-state index in [1.165, 1.54) is 18.3 Å². The van der Waals surface area contributed by atoms with Crippen molar-refractivity contribution in [2.24, 2.45) is 0 Å². The highest BCUT2D eigenvalue weighted by atomic mass is 19.4. The third kappa shape index (κ3) is 3.88. The molecule has 0 unspecified atom stereocenters. The molecule has 29 heavy (non-hydrogen) atoms. The van der Waals surface area contributed by atoms with Crippen LogP contribution in [0.25, 0.3) is 11.0 Å². The Kier molecular flexibility index (Phi) is 4.41. The van der Waals surface area contributed by atoms with Gasteiger partial charge in [-0.05, 0) is 24.3 Å². The molecule has 3 heterocycles. The maximum Gasteiger partial charge on any atom is 0.433 e. The molecule has 4 rings (SSSR count). The average Bonchev–Trinajstić information content (AvgIpc) is 3.12. The normalized spacial score (nSPS) is 11.6. The number of pyridine rings is 1. The summed E-state index contributed by atoms with van der Waals surface area (Å²) in [6.45, 7) is 0. The summed E-state index contributed by atoms with van der Waals surface area (Å²) in [5.41, 5.74) is 4.86. The summed E-state index contributed by atoms with van der Waals surface area (Å²) in [5, 5.41) is 3.24. The topological polar surface area (TPSA) is 102 Å². The molecule has 0 fully saturated rings. The average molecular weight is 404 g/mol. The number of halogens is 4. The second-order valence-electron chi connectivity index (χ2n) is 5.92. The van der Waals surface area contributed by atoms with E-state index in [0.717, 1.165) is 6.07 Å². The molecule has 0 radical (unpaired) electrons. The van der Waals surface area contributed by atoms with Crippen LogP contribution >= 0.6 is 0 Å². The molecule has 0 saturated heterocycles. The Bertz CT molecular complexity index is 1190. The summed E-state index contributed by atoms with van der Waals surface area (Å²) >= 11 is 0. The molecule has 0 atom stereocenters. The fraction of sp³-hybridized carbons (Fsp3) is 0.0556. The zero-order valence-corrected chi connectivity index (χ0v) is 14.5. The van der Waals surface area contributed by atoms with E-state index in [2.05, 4.69) is 25.3 Å². The van der Waals surface area contributed by atoms with Crippen molar-refractivity contribution in [2.45, 2.75) is 6.18 Å². The molecule has 7 nitrogen and oxygen atoms in total. The second-order valence-corrected chi connectivity index (χ2v) is 5.92. The van der Waals surface area contributed by atoms with Gasteiger partial charge in [0.05, 0.1) is 5.39 Å². The number of aromatic nitrogens is 4. The van der Waals surface area contributed by atoms with Crippen LogP contribution in [0.15, 0.2) is 48.8 Å². The second kappa shape index (κ2) is 6.93. The van der Waals surface area contributed by atoms with E-state index in [1.807, 2.05) is 0 Å². The molecule has 4 N–H and O–H groups in total. The van der Waals surface area contributed by atoms with Crippen LogP contribution in [0.5, 0.6) is 11.5 Å². The lowest BCUT2D eigenvalue weighted by Crippen LogP contribution is -2.12. The summed E-state index contributed by atoms with van der Waals surface area (Å²) in [6, 6.07) is 7.84. The molecule has 0 aliphatic heterocycles. The minimum Gasteiger partial charge on any atom is -0.453 e. The molecule has 3 aromatic heterocycles. The van der Waals surface area contributed by atoms with Crippen molar-refractivity contribution in [2.75, 3.05) is 11.1 Å². The highest BCUT2D eigenvalue weighted by Gasteiger charge is 2.33. The van der Waals surface area contributed by atoms with Gasteiger partial charge in [-0.2, -0.15) is 18.2 Å². The van der Waals surface area contributed by atoms with Crippen molar-refractivity contribution in [3.05, 3.63) is 60.3 Å². The Morgan fingerprint density at radius 2 is 1.86 bits per heavy atom. The third-order valence-corrected chi connectivity index (χ3v) is 3.88. The van der Waals surface area contributed by atoms with Crippen molar-refractivity contribution < 1.29 is 22.3 Å². The predicted molar refractivity (Wildman–Crippen MR) is 97.3 cm³/mol. The maximum atomic E-state index is 14.5. The van der Waals surface area contributed by atoms with Crippen molar-refractivity contribution >= 4 is 28.5 Å². The zero-order valence-electron chi connectivity index (χ0n) is 14.5. The number of nitrogens with one attached hydrogen (secondary N) is 2. The first-order chi connectivity index (χ1) is 13.8. The van der Waals surface area contributed by atoms with Crippen LogP contribution in [0.1, 0.15) is 5.69 Å². The van der Waals surface area contributed by atoms with Gasteiger partial charge in [0.2, 0.25) is 5.95 Å². The van der Waals surface area contributed by atoms with Crippen LogP contribution in [0, 0.1) is 5.82 Å².